The van der Waals surface area contributed by atoms with Crippen molar-refractivity contribution in [2.24, 2.45) is 17.1 Å². The van der Waals surface area contributed by atoms with Gasteiger partial charge in [0.25, 0.3) is 5.91 Å². The molecule has 4 amide bonds. The number of hydrogen-bond acceptors (Lipinski definition) is 9. The molecule has 0 spiro atoms. The average molecular weight is 750 g/mol. The van der Waals surface area contributed by atoms with Gasteiger partial charge in [0.1, 0.15) is 12.1 Å². The summed E-state index contributed by atoms with van der Waals surface area (Å²) in [7, 11) is 0. The summed E-state index contributed by atoms with van der Waals surface area (Å²) in [5, 5.41) is 13.4. The Kier molecular flexibility index (Phi) is 15.0. The van der Waals surface area contributed by atoms with Crippen LogP contribution in [-0.2, 0) is 36.9 Å². The molecule has 0 bridgehead atoms. The first-order valence-electron chi connectivity index (χ1n) is 18.3. The van der Waals surface area contributed by atoms with Crippen molar-refractivity contribution in [3.05, 3.63) is 70.9 Å². The molecular weight excluding hydrogens is 695 g/mol. The summed E-state index contributed by atoms with van der Waals surface area (Å²) in [5.74, 6) is -0.886. The molecule has 1 aliphatic heterocycles. The van der Waals surface area contributed by atoms with Crippen molar-refractivity contribution in [3.8, 4) is 16.2 Å². The summed E-state index contributed by atoms with van der Waals surface area (Å²) in [6.45, 7) is 12.0. The Bertz CT molecular complexity index is 1670. The molecule has 1 fully saturated rings. The normalized spacial score (nSPS) is 17.5. The lowest BCUT2D eigenvalue weighted by molar-refractivity contribution is -0.145. The summed E-state index contributed by atoms with van der Waals surface area (Å²) in [4.78, 5) is 63.6. The Hall–Kier alpha value is -4.33. The molecule has 5 N–H and O–H groups in total. The van der Waals surface area contributed by atoms with Crippen molar-refractivity contribution >= 4 is 35.0 Å². The standard InChI is InChI=1S/C40H55N5O7S/c1-25(11-20-34(41)47)27(3)51-23-29-14-12-28(13-15-29)9-7-8-10-35(48)43-37(40(4,5)6)39(50)45-22-31(46)21-33(45)38(49)44-52-32-18-16-30(17-19-32)36-26(2)42-24-53-36/h12-19,24-25,27,31,33,37,46H,7-11,20-23H2,1-6H3,(H2,41,47)(H,43,48)(H,44,49)/t25-,27+,31+,33-,37+/m0/s1. The lowest BCUT2D eigenvalue weighted by Crippen LogP contribution is -2.58. The van der Waals surface area contributed by atoms with Crippen LogP contribution in [0, 0.1) is 18.3 Å². The lowest BCUT2D eigenvalue weighted by Gasteiger charge is -2.35. The monoisotopic (exact) mass is 749 g/mol. The van der Waals surface area contributed by atoms with E-state index in [1.807, 2.05) is 58.9 Å². The zero-order valence-corrected chi connectivity index (χ0v) is 32.5. The number of thiazole rings is 1. The smallest absolute Gasteiger partial charge is 0.275 e. The van der Waals surface area contributed by atoms with E-state index in [1.165, 1.54) is 4.90 Å². The predicted octanol–water partition coefficient (Wildman–Crippen LogP) is 5.24. The van der Waals surface area contributed by atoms with E-state index in [1.54, 1.807) is 29.0 Å². The van der Waals surface area contributed by atoms with E-state index in [4.69, 9.17) is 15.3 Å². The van der Waals surface area contributed by atoms with Crippen LogP contribution in [0.25, 0.3) is 10.4 Å². The number of aromatic nitrogens is 1. The van der Waals surface area contributed by atoms with Crippen molar-refractivity contribution in [2.45, 2.75) is 117 Å². The second kappa shape index (κ2) is 19.1. The second-order valence-corrected chi connectivity index (χ2v) is 16.0. The number of primary amides is 1. The number of carbonyl (C=O) groups is 4. The van der Waals surface area contributed by atoms with E-state index >= 15 is 0 Å². The number of aliphatic hydroxyl groups is 1. The molecule has 0 aliphatic carbocycles. The van der Waals surface area contributed by atoms with Crippen LogP contribution < -0.4 is 21.4 Å². The van der Waals surface area contributed by atoms with Crippen molar-refractivity contribution in [3.63, 3.8) is 0 Å². The zero-order chi connectivity index (χ0) is 38.7. The number of aryl methyl sites for hydroxylation is 2. The minimum absolute atomic E-state index is 0.00465. The summed E-state index contributed by atoms with van der Waals surface area (Å²) in [6.07, 6.45) is 2.71. The van der Waals surface area contributed by atoms with Crippen molar-refractivity contribution in [1.29, 1.82) is 0 Å². The number of nitrogens with two attached hydrogens (primary N) is 1. The third-order valence-corrected chi connectivity index (χ3v) is 10.7. The molecule has 1 saturated heterocycles. The Morgan fingerprint density at radius 3 is 2.32 bits per heavy atom. The average Bonchev–Trinajstić information content (AvgIpc) is 3.74. The number of β-amino-alcohol motifs (C(OH)–C–C–N with tert-alkyl or cyclic N) is 1. The third-order valence-electron chi connectivity index (χ3n) is 9.72. The Morgan fingerprint density at radius 2 is 1.70 bits per heavy atom. The maximum Gasteiger partial charge on any atom is 0.275 e. The lowest BCUT2D eigenvalue weighted by atomic mass is 9.85. The number of nitrogens with zero attached hydrogens (tertiary/aromatic N) is 2. The van der Waals surface area contributed by atoms with Gasteiger partial charge in [0.15, 0.2) is 5.75 Å². The predicted molar refractivity (Wildman–Crippen MR) is 204 cm³/mol. The molecule has 0 radical (unpaired) electrons. The molecule has 1 aliphatic rings. The molecule has 5 atom stereocenters. The van der Waals surface area contributed by atoms with E-state index in [0.717, 1.165) is 40.1 Å². The molecule has 53 heavy (non-hydrogen) atoms. The fourth-order valence-corrected chi connectivity index (χ4v) is 7.01. The van der Waals surface area contributed by atoms with Gasteiger partial charge < -0.3 is 30.6 Å². The zero-order valence-electron chi connectivity index (χ0n) is 31.7. The number of unbranched alkanes of at least 4 members (excludes halogenated alkanes) is 1. The number of likely N-dealkylation sites (tertiary alicyclic amines) is 1. The van der Waals surface area contributed by atoms with Gasteiger partial charge in [-0.05, 0) is 91.8 Å². The van der Waals surface area contributed by atoms with Crippen LogP contribution in [0.15, 0.2) is 54.0 Å². The number of carbonyl (C=O) groups excluding carboxylic acids is 4. The molecule has 3 aromatic rings. The van der Waals surface area contributed by atoms with Crippen LogP contribution in [0.1, 0.15) is 90.0 Å². The van der Waals surface area contributed by atoms with Gasteiger partial charge in [-0.1, -0.05) is 52.0 Å². The Balaban J connectivity index is 1.23. The van der Waals surface area contributed by atoms with Crippen LogP contribution in [0.3, 0.4) is 0 Å². The topological polar surface area (TPSA) is 173 Å². The van der Waals surface area contributed by atoms with Crippen LogP contribution >= 0.6 is 11.3 Å². The molecule has 1 aromatic heterocycles. The molecule has 13 heteroatoms. The Labute approximate surface area is 316 Å². The van der Waals surface area contributed by atoms with Gasteiger partial charge in [-0.2, -0.15) is 5.48 Å². The fourth-order valence-electron chi connectivity index (χ4n) is 6.20. The molecule has 288 valence electrons. The summed E-state index contributed by atoms with van der Waals surface area (Å²) in [5.41, 5.74) is 13.0. The van der Waals surface area contributed by atoms with E-state index in [9.17, 15) is 24.3 Å². The number of rotatable bonds is 18. The Morgan fingerprint density at radius 1 is 1.02 bits per heavy atom. The van der Waals surface area contributed by atoms with E-state index in [-0.39, 0.29) is 43.2 Å². The highest BCUT2D eigenvalue weighted by atomic mass is 32.1. The van der Waals surface area contributed by atoms with Gasteiger partial charge in [-0.3, -0.25) is 19.2 Å². The first-order chi connectivity index (χ1) is 25.1. The first-order valence-corrected chi connectivity index (χ1v) is 19.2. The SMILES string of the molecule is Cc1ncsc1-c1ccc(ONC(=O)[C@@H]2C[C@@H](O)CN2C(=O)[C@@H](NC(=O)CCCCc2ccc(CO[C@H](C)[C@@H](C)CCC(N)=O)cc2)C(C)(C)C)cc1. The highest BCUT2D eigenvalue weighted by Gasteiger charge is 2.44. The number of aliphatic hydroxyl groups excluding tert-OH is 1. The van der Waals surface area contributed by atoms with Gasteiger partial charge in [-0.15, -0.1) is 11.3 Å². The van der Waals surface area contributed by atoms with Crippen molar-refractivity contribution < 1.29 is 33.9 Å². The fraction of sp³-hybridized carbons (Fsp3) is 0.525. The summed E-state index contributed by atoms with van der Waals surface area (Å²) in [6, 6.07) is 13.6. The third kappa shape index (κ3) is 12.4. The molecule has 12 nitrogen and oxygen atoms in total. The number of nitrogens with one attached hydrogen (secondary N) is 2. The minimum atomic E-state index is -0.962. The highest BCUT2D eigenvalue weighted by molar-refractivity contribution is 7.13. The minimum Gasteiger partial charge on any atom is -0.391 e. The first kappa shape index (κ1) is 41.4. The van der Waals surface area contributed by atoms with Gasteiger partial charge in [0.2, 0.25) is 17.7 Å². The van der Waals surface area contributed by atoms with Crippen LogP contribution in [0.5, 0.6) is 5.75 Å². The van der Waals surface area contributed by atoms with Crippen LogP contribution in [0.2, 0.25) is 0 Å². The quantitative estimate of drug-likeness (QED) is 0.101. The molecule has 4 rings (SSSR count). The maximum absolute atomic E-state index is 13.9. The number of ether oxygens (including phenoxy) is 1. The van der Waals surface area contributed by atoms with Crippen LogP contribution in [0.4, 0.5) is 0 Å². The van der Waals surface area contributed by atoms with Gasteiger partial charge in [0.05, 0.1) is 34.9 Å². The van der Waals surface area contributed by atoms with Gasteiger partial charge >= 0.3 is 0 Å². The molecule has 2 heterocycles. The summed E-state index contributed by atoms with van der Waals surface area (Å²) < 4.78 is 6.00. The summed E-state index contributed by atoms with van der Waals surface area (Å²) >= 11 is 1.54. The maximum atomic E-state index is 13.9. The number of benzene rings is 2. The van der Waals surface area contributed by atoms with Crippen molar-refractivity contribution in [1.82, 2.24) is 20.7 Å². The second-order valence-electron chi connectivity index (χ2n) is 15.1. The molecule has 0 saturated carbocycles. The van der Waals surface area contributed by atoms with Crippen LogP contribution in [-0.4, -0.2) is 69.5 Å². The van der Waals surface area contributed by atoms with Gasteiger partial charge in [0, 0.05) is 25.8 Å². The van der Waals surface area contributed by atoms with E-state index < -0.39 is 35.4 Å². The largest absolute Gasteiger partial charge is 0.391 e. The van der Waals surface area contributed by atoms with Gasteiger partial charge in [-0.25, -0.2) is 4.98 Å². The highest BCUT2D eigenvalue weighted by Crippen LogP contribution is 2.29. The number of hydrogen-bond donors (Lipinski definition) is 4. The molecule has 0 unspecified atom stereocenters. The number of hydroxylamine groups is 1. The molecule has 2 aromatic carbocycles. The van der Waals surface area contributed by atoms with E-state index in [0.29, 0.717) is 31.6 Å². The molecular formula is C40H55N5O7S. The number of amides is 4. The van der Waals surface area contributed by atoms with E-state index in [2.05, 4.69) is 34.8 Å². The van der Waals surface area contributed by atoms with Crippen molar-refractivity contribution in [2.75, 3.05) is 6.54 Å².